The van der Waals surface area contributed by atoms with E-state index >= 15 is 0 Å². The molecule has 2 aromatic rings. The Hall–Kier alpha value is -1.72. The van der Waals surface area contributed by atoms with E-state index in [9.17, 15) is 0 Å². The molecule has 0 spiro atoms. The van der Waals surface area contributed by atoms with Crippen molar-refractivity contribution < 1.29 is 9.26 Å². The van der Waals surface area contributed by atoms with Gasteiger partial charge in [0.1, 0.15) is 6.10 Å². The van der Waals surface area contributed by atoms with Crippen LogP contribution in [0.15, 0.2) is 34.9 Å². The Morgan fingerprint density at radius 2 is 2.21 bits per heavy atom. The molecule has 1 aromatic heterocycles. The molecule has 2 heterocycles. The van der Waals surface area contributed by atoms with Gasteiger partial charge in [0.25, 0.3) is 0 Å². The monoisotopic (exact) mass is 259 g/mol. The second kappa shape index (κ2) is 5.50. The molecule has 1 aliphatic rings. The van der Waals surface area contributed by atoms with Gasteiger partial charge in [-0.05, 0) is 18.5 Å². The first-order valence-corrected chi connectivity index (χ1v) is 6.50. The van der Waals surface area contributed by atoms with Gasteiger partial charge in [0.2, 0.25) is 11.7 Å². The molecule has 0 bridgehead atoms. The molecule has 5 nitrogen and oxygen atoms in total. The van der Waals surface area contributed by atoms with Crippen LogP contribution in [-0.4, -0.2) is 30.3 Å². The van der Waals surface area contributed by atoms with Gasteiger partial charge in [0.15, 0.2) is 0 Å². The summed E-state index contributed by atoms with van der Waals surface area (Å²) in [5.41, 5.74) is 1.03. The molecular formula is C14H17N3O2. The average Bonchev–Trinajstić information content (AvgIpc) is 3.11. The first-order valence-electron chi connectivity index (χ1n) is 6.50. The number of rotatable bonds is 4. The summed E-state index contributed by atoms with van der Waals surface area (Å²) >= 11 is 0. The van der Waals surface area contributed by atoms with Gasteiger partial charge in [-0.25, -0.2) is 0 Å². The van der Waals surface area contributed by atoms with Crippen molar-refractivity contribution in [3.8, 4) is 0 Å². The van der Waals surface area contributed by atoms with Crippen LogP contribution in [0, 0.1) is 0 Å². The van der Waals surface area contributed by atoms with E-state index in [0.717, 1.165) is 25.1 Å². The van der Waals surface area contributed by atoms with Gasteiger partial charge < -0.3 is 14.6 Å². The predicted molar refractivity (Wildman–Crippen MR) is 69.8 cm³/mol. The lowest BCUT2D eigenvalue weighted by molar-refractivity contribution is 0.126. The van der Waals surface area contributed by atoms with E-state index in [-0.39, 0.29) is 6.10 Å². The Balaban J connectivity index is 1.84. The first kappa shape index (κ1) is 12.3. The molecule has 19 heavy (non-hydrogen) atoms. The van der Waals surface area contributed by atoms with Gasteiger partial charge >= 0.3 is 0 Å². The Labute approximate surface area is 112 Å². The van der Waals surface area contributed by atoms with Crippen molar-refractivity contribution in [2.75, 3.05) is 20.2 Å². The molecule has 0 radical (unpaired) electrons. The van der Waals surface area contributed by atoms with Crippen LogP contribution in [0.4, 0.5) is 0 Å². The molecular weight excluding hydrogens is 242 g/mol. The Kier molecular flexibility index (Phi) is 3.57. The van der Waals surface area contributed by atoms with Gasteiger partial charge in [-0.15, -0.1) is 0 Å². The molecule has 1 aliphatic heterocycles. The van der Waals surface area contributed by atoms with Crippen LogP contribution >= 0.6 is 0 Å². The third kappa shape index (κ3) is 2.52. The number of benzene rings is 1. The van der Waals surface area contributed by atoms with E-state index in [1.54, 1.807) is 7.11 Å². The molecule has 1 fully saturated rings. The highest BCUT2D eigenvalue weighted by atomic mass is 16.5. The normalized spacial score (nSPS) is 20.6. The van der Waals surface area contributed by atoms with E-state index in [1.807, 2.05) is 30.3 Å². The molecule has 2 unspecified atom stereocenters. The molecule has 3 rings (SSSR count). The summed E-state index contributed by atoms with van der Waals surface area (Å²) in [6, 6.07) is 9.93. The zero-order valence-corrected chi connectivity index (χ0v) is 10.9. The van der Waals surface area contributed by atoms with Crippen LogP contribution in [-0.2, 0) is 4.74 Å². The number of ether oxygens (including phenoxy) is 1. The summed E-state index contributed by atoms with van der Waals surface area (Å²) in [4.78, 5) is 4.50. The highest BCUT2D eigenvalue weighted by molar-refractivity contribution is 5.22. The fourth-order valence-electron chi connectivity index (χ4n) is 2.40. The number of methoxy groups -OCH3 is 1. The maximum atomic E-state index is 5.50. The zero-order chi connectivity index (χ0) is 13.1. The summed E-state index contributed by atoms with van der Waals surface area (Å²) in [6.45, 7) is 1.92. The predicted octanol–water partition coefficient (Wildman–Crippen LogP) is 1.88. The lowest BCUT2D eigenvalue weighted by atomic mass is 10.1. The molecule has 5 heteroatoms. The van der Waals surface area contributed by atoms with Gasteiger partial charge in [-0.3, -0.25) is 0 Å². The molecule has 1 saturated heterocycles. The quantitative estimate of drug-likeness (QED) is 0.908. The van der Waals surface area contributed by atoms with Crippen LogP contribution in [0.2, 0.25) is 0 Å². The van der Waals surface area contributed by atoms with Crippen LogP contribution in [0.25, 0.3) is 0 Å². The molecule has 0 saturated carbocycles. The third-order valence-electron chi connectivity index (χ3n) is 3.44. The Morgan fingerprint density at radius 1 is 1.37 bits per heavy atom. The molecule has 1 aromatic carbocycles. The standard InChI is InChI=1S/C14H17N3O2/c1-18-12(10-5-3-2-4-6-10)13-16-14(19-17-13)11-7-8-15-9-11/h2-6,11-12,15H,7-9H2,1H3. The van der Waals surface area contributed by atoms with Crippen molar-refractivity contribution in [1.29, 1.82) is 0 Å². The van der Waals surface area contributed by atoms with E-state index in [1.165, 1.54) is 0 Å². The maximum absolute atomic E-state index is 5.50. The van der Waals surface area contributed by atoms with Gasteiger partial charge in [0.05, 0.1) is 5.92 Å². The number of nitrogens with zero attached hydrogens (tertiary/aromatic N) is 2. The summed E-state index contributed by atoms with van der Waals surface area (Å²) in [5.74, 6) is 1.63. The fraction of sp³-hybridized carbons (Fsp3) is 0.429. The van der Waals surface area contributed by atoms with E-state index < -0.39 is 0 Å². The van der Waals surface area contributed by atoms with Crippen molar-refractivity contribution in [2.45, 2.75) is 18.4 Å². The van der Waals surface area contributed by atoms with Gasteiger partial charge in [0, 0.05) is 13.7 Å². The minimum absolute atomic E-state index is 0.270. The van der Waals surface area contributed by atoms with Gasteiger partial charge in [-0.1, -0.05) is 35.5 Å². The Bertz CT molecular complexity index is 520. The fourth-order valence-corrected chi connectivity index (χ4v) is 2.40. The summed E-state index contributed by atoms with van der Waals surface area (Å²) in [5, 5.41) is 7.37. The second-order valence-corrected chi connectivity index (χ2v) is 4.71. The second-order valence-electron chi connectivity index (χ2n) is 4.71. The smallest absolute Gasteiger partial charge is 0.231 e. The molecule has 0 amide bonds. The van der Waals surface area contributed by atoms with Crippen molar-refractivity contribution in [3.63, 3.8) is 0 Å². The van der Waals surface area contributed by atoms with Gasteiger partial charge in [-0.2, -0.15) is 4.98 Å². The molecule has 100 valence electrons. The number of nitrogens with one attached hydrogen (secondary N) is 1. The molecule has 0 aliphatic carbocycles. The maximum Gasteiger partial charge on any atom is 0.231 e. The SMILES string of the molecule is COC(c1ccccc1)c1noc(C2CCNC2)n1. The minimum atomic E-state index is -0.270. The lowest BCUT2D eigenvalue weighted by Crippen LogP contribution is -2.09. The van der Waals surface area contributed by atoms with E-state index in [0.29, 0.717) is 17.6 Å². The number of hydrogen-bond donors (Lipinski definition) is 1. The van der Waals surface area contributed by atoms with Crippen molar-refractivity contribution in [3.05, 3.63) is 47.6 Å². The van der Waals surface area contributed by atoms with E-state index in [4.69, 9.17) is 9.26 Å². The zero-order valence-electron chi connectivity index (χ0n) is 10.9. The van der Waals surface area contributed by atoms with Crippen molar-refractivity contribution >= 4 is 0 Å². The largest absolute Gasteiger partial charge is 0.369 e. The first-order chi connectivity index (χ1) is 9.38. The highest BCUT2D eigenvalue weighted by Crippen LogP contribution is 2.26. The van der Waals surface area contributed by atoms with Crippen LogP contribution in [0.1, 0.15) is 35.7 Å². The average molecular weight is 259 g/mol. The number of hydrogen-bond acceptors (Lipinski definition) is 5. The topological polar surface area (TPSA) is 60.2 Å². The number of aromatic nitrogens is 2. The van der Waals surface area contributed by atoms with Crippen LogP contribution < -0.4 is 5.32 Å². The summed E-state index contributed by atoms with van der Waals surface area (Å²) < 4.78 is 10.9. The van der Waals surface area contributed by atoms with Crippen LogP contribution in [0.5, 0.6) is 0 Å². The third-order valence-corrected chi connectivity index (χ3v) is 3.44. The van der Waals surface area contributed by atoms with E-state index in [2.05, 4.69) is 15.5 Å². The summed E-state index contributed by atoms with van der Waals surface area (Å²) in [7, 11) is 1.66. The lowest BCUT2D eigenvalue weighted by Gasteiger charge is -2.10. The minimum Gasteiger partial charge on any atom is -0.369 e. The Morgan fingerprint density at radius 3 is 2.89 bits per heavy atom. The summed E-state index contributed by atoms with van der Waals surface area (Å²) in [6.07, 6.45) is 0.776. The molecule has 1 N–H and O–H groups in total. The highest BCUT2D eigenvalue weighted by Gasteiger charge is 2.25. The van der Waals surface area contributed by atoms with Crippen LogP contribution in [0.3, 0.4) is 0 Å². The van der Waals surface area contributed by atoms with Crippen molar-refractivity contribution in [1.82, 2.24) is 15.5 Å². The van der Waals surface area contributed by atoms with Crippen molar-refractivity contribution in [2.24, 2.45) is 0 Å². The molecule has 2 atom stereocenters.